The van der Waals surface area contributed by atoms with Crippen LogP contribution < -0.4 is 10.1 Å². The number of rotatable bonds is 6. The van der Waals surface area contributed by atoms with Gasteiger partial charge in [0.2, 0.25) is 0 Å². The highest BCUT2D eigenvalue weighted by atomic mass is 16.5. The van der Waals surface area contributed by atoms with Crippen LogP contribution in [-0.4, -0.2) is 27.8 Å². The monoisotopic (exact) mass is 490 g/mol. The van der Waals surface area contributed by atoms with Crippen molar-refractivity contribution in [3.8, 4) is 17.0 Å². The van der Waals surface area contributed by atoms with E-state index in [0.29, 0.717) is 23.7 Å². The van der Waals surface area contributed by atoms with Gasteiger partial charge in [0.15, 0.2) is 0 Å². The number of hydrogen-bond donors (Lipinski definition) is 1. The number of carbonyl (C=O) groups is 1. The normalized spacial score (nSPS) is 16.0. The van der Waals surface area contributed by atoms with Crippen LogP contribution in [0, 0.1) is 0 Å². The van der Waals surface area contributed by atoms with Crippen molar-refractivity contribution in [1.29, 1.82) is 0 Å². The SMILES string of the molecule is COc1ccc(C2=C(Nc3ccccn3)Cc3c(C4CCCCC4)c(-c4ccccc4)nn3C2=O)cc1. The van der Waals surface area contributed by atoms with Gasteiger partial charge in [-0.15, -0.1) is 0 Å². The van der Waals surface area contributed by atoms with Gasteiger partial charge in [0.1, 0.15) is 11.6 Å². The number of anilines is 1. The minimum atomic E-state index is -0.121. The molecule has 1 fully saturated rings. The Hall–Kier alpha value is -4.19. The summed E-state index contributed by atoms with van der Waals surface area (Å²) >= 11 is 0. The van der Waals surface area contributed by atoms with Gasteiger partial charge in [0.05, 0.1) is 24.1 Å². The number of allylic oxidation sites excluding steroid dienone is 2. The van der Waals surface area contributed by atoms with Crippen LogP contribution in [0.15, 0.2) is 84.7 Å². The van der Waals surface area contributed by atoms with Crippen LogP contribution >= 0.6 is 0 Å². The van der Waals surface area contributed by atoms with Gasteiger partial charge in [0.25, 0.3) is 5.91 Å². The van der Waals surface area contributed by atoms with Crippen molar-refractivity contribution in [3.05, 3.63) is 102 Å². The number of ether oxygens (including phenoxy) is 1. The predicted molar refractivity (Wildman–Crippen MR) is 146 cm³/mol. The molecule has 1 N–H and O–H groups in total. The number of carbonyl (C=O) groups excluding carboxylic acids is 1. The Kier molecular flexibility index (Phi) is 6.31. The zero-order chi connectivity index (χ0) is 25.2. The topological polar surface area (TPSA) is 69.0 Å². The molecule has 4 aromatic rings. The third-order valence-corrected chi connectivity index (χ3v) is 7.46. The molecule has 0 spiro atoms. The zero-order valence-corrected chi connectivity index (χ0v) is 21.0. The first-order valence-electron chi connectivity index (χ1n) is 13.0. The molecule has 3 heterocycles. The Balaban J connectivity index is 1.51. The molecular formula is C31H30N4O2. The van der Waals surface area contributed by atoms with E-state index in [1.54, 1.807) is 18.0 Å². The fraction of sp³-hybridized carbons (Fsp3) is 0.258. The molecule has 2 aromatic carbocycles. The lowest BCUT2D eigenvalue weighted by Gasteiger charge is -2.26. The molecule has 6 nitrogen and oxygen atoms in total. The van der Waals surface area contributed by atoms with Crippen molar-refractivity contribution in [1.82, 2.24) is 14.8 Å². The number of hydrogen-bond acceptors (Lipinski definition) is 5. The highest BCUT2D eigenvalue weighted by Gasteiger charge is 2.35. The Morgan fingerprint density at radius 3 is 2.35 bits per heavy atom. The van der Waals surface area contributed by atoms with Crippen LogP contribution in [0.4, 0.5) is 5.82 Å². The molecule has 2 aliphatic rings. The lowest BCUT2D eigenvalue weighted by Crippen LogP contribution is -2.27. The quantitative estimate of drug-likeness (QED) is 0.325. The first-order valence-corrected chi connectivity index (χ1v) is 13.0. The van der Waals surface area contributed by atoms with Crippen molar-refractivity contribution in [2.75, 3.05) is 12.4 Å². The summed E-state index contributed by atoms with van der Waals surface area (Å²) in [5.41, 5.74) is 6.49. The predicted octanol–water partition coefficient (Wildman–Crippen LogP) is 6.72. The van der Waals surface area contributed by atoms with Crippen molar-refractivity contribution < 1.29 is 9.53 Å². The molecule has 37 heavy (non-hydrogen) atoms. The zero-order valence-electron chi connectivity index (χ0n) is 21.0. The van der Waals surface area contributed by atoms with E-state index >= 15 is 0 Å². The molecule has 0 amide bonds. The second-order valence-electron chi connectivity index (χ2n) is 9.73. The van der Waals surface area contributed by atoms with Crippen LogP contribution in [0.3, 0.4) is 0 Å². The first kappa shape index (κ1) is 23.2. The van der Waals surface area contributed by atoms with E-state index in [1.807, 2.05) is 60.7 Å². The lowest BCUT2D eigenvalue weighted by molar-refractivity contribution is 0.0958. The van der Waals surface area contributed by atoms with E-state index in [2.05, 4.69) is 22.4 Å². The average molecular weight is 491 g/mol. The van der Waals surface area contributed by atoms with E-state index in [-0.39, 0.29) is 5.91 Å². The Labute approximate surface area is 217 Å². The van der Waals surface area contributed by atoms with Gasteiger partial charge < -0.3 is 10.1 Å². The lowest BCUT2D eigenvalue weighted by atomic mass is 9.81. The fourth-order valence-electron chi connectivity index (χ4n) is 5.68. The summed E-state index contributed by atoms with van der Waals surface area (Å²) in [5.74, 6) is 1.74. The minimum absolute atomic E-state index is 0.121. The van der Waals surface area contributed by atoms with Crippen molar-refractivity contribution in [3.63, 3.8) is 0 Å². The number of nitrogens with one attached hydrogen (secondary N) is 1. The standard InChI is InChI=1S/C31H30N4O2/c1-37-24-17-15-22(16-18-24)28-25(33-27-14-8-9-19-32-27)20-26-29(21-10-4-2-5-11-21)30(34-35(26)31(28)36)23-12-6-3-7-13-23/h3,6-9,12-19,21H,2,4-5,10-11,20H2,1H3,(H,32,33). The van der Waals surface area contributed by atoms with E-state index in [0.717, 1.165) is 46.8 Å². The fourth-order valence-corrected chi connectivity index (χ4v) is 5.68. The number of pyridine rings is 1. The second kappa shape index (κ2) is 10.1. The number of aromatic nitrogens is 3. The number of nitrogens with zero attached hydrogens (tertiary/aromatic N) is 3. The van der Waals surface area contributed by atoms with E-state index < -0.39 is 0 Å². The smallest absolute Gasteiger partial charge is 0.280 e. The summed E-state index contributed by atoms with van der Waals surface area (Å²) in [7, 11) is 1.64. The largest absolute Gasteiger partial charge is 0.497 e. The van der Waals surface area contributed by atoms with Gasteiger partial charge >= 0.3 is 0 Å². The molecule has 1 saturated carbocycles. The van der Waals surface area contributed by atoms with Gasteiger partial charge in [-0.05, 0) is 48.6 Å². The van der Waals surface area contributed by atoms with Crippen molar-refractivity contribution >= 4 is 17.3 Å². The molecular weight excluding hydrogens is 460 g/mol. The van der Waals surface area contributed by atoms with Crippen LogP contribution in [0.2, 0.25) is 0 Å². The maximum atomic E-state index is 14.2. The summed E-state index contributed by atoms with van der Waals surface area (Å²) in [6.45, 7) is 0. The van der Waals surface area contributed by atoms with E-state index in [1.165, 1.54) is 24.8 Å². The molecule has 0 radical (unpaired) electrons. The van der Waals surface area contributed by atoms with Gasteiger partial charge in [0, 0.05) is 29.4 Å². The van der Waals surface area contributed by atoms with Gasteiger partial charge in [-0.3, -0.25) is 4.79 Å². The molecule has 1 aliphatic heterocycles. The molecule has 0 atom stereocenters. The minimum Gasteiger partial charge on any atom is -0.497 e. The molecule has 1 aliphatic carbocycles. The van der Waals surface area contributed by atoms with Gasteiger partial charge in [-0.1, -0.05) is 67.8 Å². The Morgan fingerprint density at radius 1 is 0.892 bits per heavy atom. The molecule has 2 aromatic heterocycles. The highest BCUT2D eigenvalue weighted by Crippen LogP contribution is 2.43. The number of benzene rings is 2. The van der Waals surface area contributed by atoms with Gasteiger partial charge in [-0.2, -0.15) is 9.78 Å². The highest BCUT2D eigenvalue weighted by molar-refractivity contribution is 6.23. The van der Waals surface area contributed by atoms with Crippen molar-refractivity contribution in [2.45, 2.75) is 44.4 Å². The Bertz CT molecular complexity index is 1430. The van der Waals surface area contributed by atoms with Crippen LogP contribution in [0.5, 0.6) is 5.75 Å². The van der Waals surface area contributed by atoms with E-state index in [4.69, 9.17) is 9.84 Å². The van der Waals surface area contributed by atoms with Gasteiger partial charge in [-0.25, -0.2) is 4.98 Å². The second-order valence-corrected chi connectivity index (χ2v) is 9.73. The average Bonchev–Trinajstić information content (AvgIpc) is 3.35. The molecule has 0 bridgehead atoms. The molecule has 0 unspecified atom stereocenters. The third kappa shape index (κ3) is 4.44. The van der Waals surface area contributed by atoms with Crippen LogP contribution in [0.25, 0.3) is 16.8 Å². The maximum absolute atomic E-state index is 14.2. The summed E-state index contributed by atoms with van der Waals surface area (Å²) in [6, 6.07) is 23.7. The summed E-state index contributed by atoms with van der Waals surface area (Å²) in [4.78, 5) is 18.7. The third-order valence-electron chi connectivity index (χ3n) is 7.46. The van der Waals surface area contributed by atoms with Crippen LogP contribution in [-0.2, 0) is 6.42 Å². The summed E-state index contributed by atoms with van der Waals surface area (Å²) in [6.07, 6.45) is 8.29. The molecule has 6 heteroatoms. The first-order chi connectivity index (χ1) is 18.2. The number of fused-ring (bicyclic) bond motifs is 1. The van der Waals surface area contributed by atoms with Crippen LogP contribution in [0.1, 0.15) is 59.6 Å². The van der Waals surface area contributed by atoms with E-state index in [9.17, 15) is 4.79 Å². The molecule has 0 saturated heterocycles. The summed E-state index contributed by atoms with van der Waals surface area (Å²) < 4.78 is 7.02. The molecule has 6 rings (SSSR count). The number of methoxy groups -OCH3 is 1. The van der Waals surface area contributed by atoms with Crippen molar-refractivity contribution in [2.24, 2.45) is 0 Å². The maximum Gasteiger partial charge on any atom is 0.280 e. The Morgan fingerprint density at radius 2 is 1.65 bits per heavy atom. The molecule has 186 valence electrons. The summed E-state index contributed by atoms with van der Waals surface area (Å²) in [5, 5.41) is 8.48.